The van der Waals surface area contributed by atoms with Crippen LogP contribution in [0.5, 0.6) is 0 Å². The first-order valence-electron chi connectivity index (χ1n) is 9.34. The average molecular weight is 362 g/mol. The fourth-order valence-corrected chi connectivity index (χ4v) is 3.13. The van der Waals surface area contributed by atoms with Gasteiger partial charge in [0.2, 0.25) is 0 Å². The monoisotopic (exact) mass is 362 g/mol. The zero-order valence-electron chi connectivity index (χ0n) is 15.7. The Labute approximate surface area is 160 Å². The van der Waals surface area contributed by atoms with Gasteiger partial charge in [-0.25, -0.2) is 4.79 Å². The predicted octanol–water partition coefficient (Wildman–Crippen LogP) is 5.30. The van der Waals surface area contributed by atoms with Crippen LogP contribution in [0.25, 0.3) is 10.8 Å². The first kappa shape index (κ1) is 18.9. The minimum Gasteiger partial charge on any atom is -0.385 e. The van der Waals surface area contributed by atoms with Crippen molar-refractivity contribution in [2.75, 3.05) is 25.6 Å². The quantitative estimate of drug-likeness (QED) is 0.552. The van der Waals surface area contributed by atoms with E-state index >= 15 is 0 Å². The first-order chi connectivity index (χ1) is 13.3. The second kappa shape index (κ2) is 9.74. The Balaban J connectivity index is 1.74. The largest absolute Gasteiger partial charge is 0.385 e. The fourth-order valence-electron chi connectivity index (χ4n) is 3.13. The summed E-state index contributed by atoms with van der Waals surface area (Å²) in [5.41, 5.74) is 1.96. The summed E-state index contributed by atoms with van der Waals surface area (Å²) in [6, 6.07) is 24.1. The van der Waals surface area contributed by atoms with E-state index < -0.39 is 0 Å². The van der Waals surface area contributed by atoms with Gasteiger partial charge in [0.25, 0.3) is 0 Å². The summed E-state index contributed by atoms with van der Waals surface area (Å²) in [5.74, 6) is 0. The van der Waals surface area contributed by atoms with Crippen molar-refractivity contribution in [2.45, 2.75) is 19.4 Å². The molecular formula is C23H26N2O2. The maximum Gasteiger partial charge on any atom is 0.322 e. The van der Waals surface area contributed by atoms with Crippen LogP contribution < -0.4 is 5.32 Å². The second-order valence-electron chi connectivity index (χ2n) is 6.56. The van der Waals surface area contributed by atoms with Gasteiger partial charge in [-0.15, -0.1) is 0 Å². The third-order valence-electron chi connectivity index (χ3n) is 4.56. The van der Waals surface area contributed by atoms with Crippen molar-refractivity contribution < 1.29 is 9.53 Å². The van der Waals surface area contributed by atoms with Gasteiger partial charge in [0.1, 0.15) is 0 Å². The number of carbonyl (C=O) groups excluding carboxylic acids is 1. The van der Waals surface area contributed by atoms with E-state index in [1.807, 2.05) is 65.6 Å². The number of unbranched alkanes of at least 4 members (excludes halogenated alkanes) is 1. The summed E-state index contributed by atoms with van der Waals surface area (Å²) >= 11 is 0. The van der Waals surface area contributed by atoms with Crippen molar-refractivity contribution in [3.05, 3.63) is 78.4 Å². The lowest BCUT2D eigenvalue weighted by atomic mass is 10.1. The van der Waals surface area contributed by atoms with Crippen LogP contribution in [0, 0.1) is 0 Å². The van der Waals surface area contributed by atoms with Crippen LogP contribution in [-0.2, 0) is 11.3 Å². The predicted molar refractivity (Wildman–Crippen MR) is 111 cm³/mol. The van der Waals surface area contributed by atoms with Crippen LogP contribution in [0.15, 0.2) is 72.8 Å². The molecule has 0 bridgehead atoms. The van der Waals surface area contributed by atoms with E-state index in [-0.39, 0.29) is 6.03 Å². The van der Waals surface area contributed by atoms with E-state index in [1.165, 1.54) is 0 Å². The molecule has 4 heteroatoms. The highest BCUT2D eigenvalue weighted by Crippen LogP contribution is 2.23. The third kappa shape index (κ3) is 5.31. The van der Waals surface area contributed by atoms with Crippen LogP contribution in [-0.4, -0.2) is 31.2 Å². The first-order valence-corrected chi connectivity index (χ1v) is 9.34. The number of hydrogen-bond donors (Lipinski definition) is 1. The summed E-state index contributed by atoms with van der Waals surface area (Å²) in [5, 5.41) is 5.27. The number of amides is 2. The van der Waals surface area contributed by atoms with Crippen LogP contribution in [0.1, 0.15) is 18.4 Å². The summed E-state index contributed by atoms with van der Waals surface area (Å²) in [7, 11) is 1.70. The molecule has 2 amide bonds. The molecule has 0 fully saturated rings. The van der Waals surface area contributed by atoms with Crippen molar-refractivity contribution in [2.24, 2.45) is 0 Å². The molecule has 0 aromatic heterocycles. The molecule has 140 valence electrons. The van der Waals surface area contributed by atoms with Crippen molar-refractivity contribution in [1.29, 1.82) is 0 Å². The van der Waals surface area contributed by atoms with Gasteiger partial charge in [0.15, 0.2) is 0 Å². The zero-order chi connectivity index (χ0) is 18.9. The molecule has 0 heterocycles. The smallest absolute Gasteiger partial charge is 0.322 e. The van der Waals surface area contributed by atoms with Crippen LogP contribution >= 0.6 is 0 Å². The maximum atomic E-state index is 13.0. The Morgan fingerprint density at radius 3 is 2.48 bits per heavy atom. The molecule has 1 N–H and O–H groups in total. The number of benzene rings is 3. The molecule has 4 nitrogen and oxygen atoms in total. The summed E-state index contributed by atoms with van der Waals surface area (Å²) in [6.07, 6.45) is 1.84. The Kier molecular flexibility index (Phi) is 6.83. The molecule has 0 spiro atoms. The molecule has 0 saturated heterocycles. The van der Waals surface area contributed by atoms with Gasteiger partial charge in [-0.1, -0.05) is 66.7 Å². The van der Waals surface area contributed by atoms with Gasteiger partial charge >= 0.3 is 6.03 Å². The number of methoxy groups -OCH3 is 1. The Hall–Kier alpha value is -2.85. The molecule has 3 aromatic rings. The van der Waals surface area contributed by atoms with Gasteiger partial charge in [-0.2, -0.15) is 0 Å². The van der Waals surface area contributed by atoms with Gasteiger partial charge in [-0.3, -0.25) is 0 Å². The van der Waals surface area contributed by atoms with Gasteiger partial charge in [0.05, 0.1) is 5.69 Å². The number of rotatable bonds is 8. The highest BCUT2D eigenvalue weighted by atomic mass is 16.5. The highest BCUT2D eigenvalue weighted by Gasteiger charge is 2.15. The van der Waals surface area contributed by atoms with Crippen molar-refractivity contribution in [3.8, 4) is 0 Å². The van der Waals surface area contributed by atoms with Crippen LogP contribution in [0.2, 0.25) is 0 Å². The molecule has 0 radical (unpaired) electrons. The standard InChI is InChI=1S/C23H26N2O2/c1-27-17-8-7-16-25(18-19-10-3-2-4-11-19)23(26)24-22-15-9-13-20-12-5-6-14-21(20)22/h2-6,9-15H,7-8,16-18H2,1H3,(H,24,26). The lowest BCUT2D eigenvalue weighted by Crippen LogP contribution is -2.35. The molecule has 0 aliphatic rings. The SMILES string of the molecule is COCCCCN(Cc1ccccc1)C(=O)Nc1cccc2ccccc12. The lowest BCUT2D eigenvalue weighted by Gasteiger charge is -2.24. The number of nitrogens with one attached hydrogen (secondary N) is 1. The number of carbonyl (C=O) groups is 1. The van der Waals surface area contributed by atoms with Gasteiger partial charge in [-0.05, 0) is 29.9 Å². The summed E-state index contributed by atoms with van der Waals surface area (Å²) in [6.45, 7) is 1.99. The van der Waals surface area contributed by atoms with Crippen molar-refractivity contribution in [1.82, 2.24) is 4.90 Å². The molecular weight excluding hydrogens is 336 g/mol. The highest BCUT2D eigenvalue weighted by molar-refractivity contribution is 6.01. The Bertz CT molecular complexity index is 859. The average Bonchev–Trinajstić information content (AvgIpc) is 2.71. The number of hydrogen-bond acceptors (Lipinski definition) is 2. The lowest BCUT2D eigenvalue weighted by molar-refractivity contribution is 0.182. The topological polar surface area (TPSA) is 41.6 Å². The molecule has 27 heavy (non-hydrogen) atoms. The minimum absolute atomic E-state index is 0.0763. The van der Waals surface area contributed by atoms with Crippen LogP contribution in [0.4, 0.5) is 10.5 Å². The fraction of sp³-hybridized carbons (Fsp3) is 0.261. The number of urea groups is 1. The zero-order valence-corrected chi connectivity index (χ0v) is 15.7. The molecule has 3 aromatic carbocycles. The normalized spacial score (nSPS) is 10.7. The van der Waals surface area contributed by atoms with Gasteiger partial charge in [0, 0.05) is 32.2 Å². The van der Waals surface area contributed by atoms with E-state index in [2.05, 4.69) is 17.4 Å². The van der Waals surface area contributed by atoms with Gasteiger partial charge < -0.3 is 15.0 Å². The van der Waals surface area contributed by atoms with E-state index in [1.54, 1.807) is 7.11 Å². The second-order valence-corrected chi connectivity index (χ2v) is 6.56. The molecule has 3 rings (SSSR count). The number of fused-ring (bicyclic) bond motifs is 1. The third-order valence-corrected chi connectivity index (χ3v) is 4.56. The van der Waals surface area contributed by atoms with Crippen molar-refractivity contribution >= 4 is 22.5 Å². The molecule has 0 saturated carbocycles. The summed E-state index contributed by atoms with van der Waals surface area (Å²) in [4.78, 5) is 14.9. The van der Waals surface area contributed by atoms with E-state index in [4.69, 9.17) is 4.74 Å². The molecule has 0 atom stereocenters. The van der Waals surface area contributed by atoms with E-state index in [0.717, 1.165) is 34.9 Å². The Morgan fingerprint density at radius 2 is 1.67 bits per heavy atom. The van der Waals surface area contributed by atoms with E-state index in [9.17, 15) is 4.79 Å². The number of ether oxygens (including phenoxy) is 1. The molecule has 0 aliphatic carbocycles. The number of nitrogens with zero attached hydrogens (tertiary/aromatic N) is 1. The molecule has 0 unspecified atom stereocenters. The number of anilines is 1. The Morgan fingerprint density at radius 1 is 0.926 bits per heavy atom. The van der Waals surface area contributed by atoms with Crippen molar-refractivity contribution in [3.63, 3.8) is 0 Å². The minimum atomic E-state index is -0.0763. The molecule has 0 aliphatic heterocycles. The summed E-state index contributed by atoms with van der Waals surface area (Å²) < 4.78 is 5.13. The van der Waals surface area contributed by atoms with E-state index in [0.29, 0.717) is 19.7 Å². The van der Waals surface area contributed by atoms with Crippen LogP contribution in [0.3, 0.4) is 0 Å². The maximum absolute atomic E-state index is 13.0.